The van der Waals surface area contributed by atoms with Gasteiger partial charge in [-0.3, -0.25) is 4.79 Å². The van der Waals surface area contributed by atoms with E-state index in [1.165, 1.54) is 4.88 Å². The molecule has 23 heavy (non-hydrogen) atoms. The smallest absolute Gasteiger partial charge is 0.253 e. The number of amides is 1. The van der Waals surface area contributed by atoms with Gasteiger partial charge in [-0.1, -0.05) is 26.0 Å². The van der Waals surface area contributed by atoms with Gasteiger partial charge in [0.2, 0.25) is 0 Å². The van der Waals surface area contributed by atoms with E-state index >= 15 is 0 Å². The van der Waals surface area contributed by atoms with E-state index in [-0.39, 0.29) is 11.9 Å². The third kappa shape index (κ3) is 4.05. The van der Waals surface area contributed by atoms with Crippen LogP contribution in [0, 0.1) is 5.92 Å². The molecule has 2 aromatic rings. The Labute approximate surface area is 149 Å². The van der Waals surface area contributed by atoms with Crippen LogP contribution in [0.2, 0.25) is 0 Å². The molecule has 3 heterocycles. The first kappa shape index (κ1) is 16.7. The summed E-state index contributed by atoms with van der Waals surface area (Å²) in [4.78, 5) is 15.0. The van der Waals surface area contributed by atoms with E-state index in [9.17, 15) is 4.79 Å². The zero-order valence-electron chi connectivity index (χ0n) is 13.3. The highest BCUT2D eigenvalue weighted by Gasteiger charge is 2.33. The minimum absolute atomic E-state index is 0.0549. The minimum Gasteiger partial charge on any atom is -0.272 e. The van der Waals surface area contributed by atoms with Gasteiger partial charge in [-0.05, 0) is 34.6 Å². The van der Waals surface area contributed by atoms with Crippen LogP contribution in [0.1, 0.15) is 36.1 Å². The Morgan fingerprint density at radius 1 is 1.35 bits per heavy atom. The van der Waals surface area contributed by atoms with Crippen molar-refractivity contribution in [1.29, 1.82) is 0 Å². The molecule has 0 bridgehead atoms. The van der Waals surface area contributed by atoms with E-state index in [1.807, 2.05) is 12.1 Å². The first-order chi connectivity index (χ1) is 11.1. The van der Waals surface area contributed by atoms with Gasteiger partial charge < -0.3 is 0 Å². The van der Waals surface area contributed by atoms with Crippen LogP contribution in [-0.2, 0) is 4.79 Å². The molecule has 1 unspecified atom stereocenters. The van der Waals surface area contributed by atoms with Gasteiger partial charge in [-0.15, -0.1) is 22.7 Å². The summed E-state index contributed by atoms with van der Waals surface area (Å²) in [5.74, 6) is 2.22. The lowest BCUT2D eigenvalue weighted by atomic mass is 10.1. The van der Waals surface area contributed by atoms with Crippen LogP contribution < -0.4 is 0 Å². The van der Waals surface area contributed by atoms with Gasteiger partial charge in [0.25, 0.3) is 5.91 Å². The molecule has 122 valence electrons. The molecule has 3 rings (SSSR count). The average molecular weight is 365 g/mol. The predicted octanol–water partition coefficient (Wildman–Crippen LogP) is 4.88. The fourth-order valence-electron chi connectivity index (χ4n) is 2.48. The number of thioether (sulfide) groups is 1. The van der Waals surface area contributed by atoms with Crippen molar-refractivity contribution in [3.8, 4) is 0 Å². The first-order valence-corrected chi connectivity index (χ1v) is 10.6. The van der Waals surface area contributed by atoms with Gasteiger partial charge in [-0.25, -0.2) is 5.01 Å². The van der Waals surface area contributed by atoms with Gasteiger partial charge in [0.05, 0.1) is 22.4 Å². The molecule has 0 spiro atoms. The quantitative estimate of drug-likeness (QED) is 0.732. The van der Waals surface area contributed by atoms with Gasteiger partial charge in [0.15, 0.2) is 0 Å². The molecule has 0 radical (unpaired) electrons. The Kier molecular flexibility index (Phi) is 5.56. The summed E-state index contributed by atoms with van der Waals surface area (Å²) < 4.78 is 0. The Hall–Kier alpha value is -1.11. The van der Waals surface area contributed by atoms with E-state index in [4.69, 9.17) is 0 Å². The van der Waals surface area contributed by atoms with Crippen LogP contribution in [-0.4, -0.2) is 28.1 Å². The summed E-state index contributed by atoms with van der Waals surface area (Å²) >= 11 is 5.08. The Morgan fingerprint density at radius 2 is 2.13 bits per heavy atom. The normalized spacial score (nSPS) is 17.8. The Bertz CT molecular complexity index is 662. The number of carbonyl (C=O) groups is 1. The number of rotatable bonds is 6. The number of carbonyl (C=O) groups excluding carboxylic acids is 1. The van der Waals surface area contributed by atoms with Crippen molar-refractivity contribution in [1.82, 2.24) is 5.01 Å². The molecular weight excluding hydrogens is 344 g/mol. The van der Waals surface area contributed by atoms with E-state index in [2.05, 4.69) is 41.8 Å². The molecule has 0 saturated carbocycles. The third-order valence-electron chi connectivity index (χ3n) is 3.52. The summed E-state index contributed by atoms with van der Waals surface area (Å²) in [7, 11) is 0. The van der Waals surface area contributed by atoms with Crippen LogP contribution in [0.15, 0.2) is 40.1 Å². The zero-order valence-corrected chi connectivity index (χ0v) is 15.7. The maximum atomic E-state index is 12.7. The molecule has 0 aliphatic carbocycles. The third-order valence-corrected chi connectivity index (χ3v) is 6.77. The average Bonchev–Trinajstić information content (AvgIpc) is 3.26. The van der Waals surface area contributed by atoms with Gasteiger partial charge in [0, 0.05) is 11.3 Å². The topological polar surface area (TPSA) is 32.7 Å². The van der Waals surface area contributed by atoms with E-state index in [0.29, 0.717) is 11.7 Å². The van der Waals surface area contributed by atoms with Crippen molar-refractivity contribution in [2.24, 2.45) is 11.0 Å². The molecule has 2 aromatic heterocycles. The highest BCUT2D eigenvalue weighted by molar-refractivity contribution is 7.99. The minimum atomic E-state index is 0.0549. The van der Waals surface area contributed by atoms with E-state index in [1.54, 1.807) is 39.4 Å². The van der Waals surface area contributed by atoms with Gasteiger partial charge >= 0.3 is 0 Å². The fraction of sp³-hybridized carbons (Fsp3) is 0.412. The lowest BCUT2D eigenvalue weighted by Crippen LogP contribution is -2.28. The largest absolute Gasteiger partial charge is 0.272 e. The van der Waals surface area contributed by atoms with Crippen molar-refractivity contribution in [3.05, 3.63) is 44.8 Å². The number of hydrogen-bond acceptors (Lipinski definition) is 5. The first-order valence-electron chi connectivity index (χ1n) is 7.69. The molecule has 0 fully saturated rings. The van der Waals surface area contributed by atoms with Crippen LogP contribution in [0.3, 0.4) is 0 Å². The Morgan fingerprint density at radius 3 is 2.78 bits per heavy atom. The van der Waals surface area contributed by atoms with Crippen LogP contribution >= 0.6 is 34.4 Å². The number of hydrazone groups is 1. The summed E-state index contributed by atoms with van der Waals surface area (Å²) in [5, 5.41) is 10.5. The van der Waals surface area contributed by atoms with Gasteiger partial charge in [0.1, 0.15) is 0 Å². The zero-order chi connectivity index (χ0) is 16.2. The van der Waals surface area contributed by atoms with E-state index < -0.39 is 0 Å². The maximum absolute atomic E-state index is 12.7. The van der Waals surface area contributed by atoms with Crippen molar-refractivity contribution in [2.75, 3.05) is 11.5 Å². The second-order valence-corrected chi connectivity index (χ2v) is 8.86. The molecule has 1 amide bonds. The molecule has 1 atom stereocenters. The summed E-state index contributed by atoms with van der Waals surface area (Å²) in [5.41, 5.74) is 1.03. The molecular formula is C17H20N2OS3. The van der Waals surface area contributed by atoms with Crippen molar-refractivity contribution < 1.29 is 4.79 Å². The highest BCUT2D eigenvalue weighted by atomic mass is 32.2. The summed E-state index contributed by atoms with van der Waals surface area (Å²) in [6.45, 7) is 4.35. The molecule has 3 nitrogen and oxygen atoms in total. The number of thiophene rings is 2. The number of hydrogen-bond donors (Lipinski definition) is 0. The number of nitrogens with zero attached hydrogens (tertiary/aromatic N) is 2. The standard InChI is InChI=1S/C17H20N2OS3/c1-12(2)10-21-11-17(20)19-14(16-6-4-8-23-16)9-13(18-19)15-5-3-7-22-15/h3-8,12,14H,9-11H2,1-2H3. The molecule has 6 heteroatoms. The van der Waals surface area contributed by atoms with Gasteiger partial charge in [-0.2, -0.15) is 16.9 Å². The van der Waals surface area contributed by atoms with Crippen molar-refractivity contribution in [2.45, 2.75) is 26.3 Å². The predicted molar refractivity (Wildman–Crippen MR) is 102 cm³/mol. The molecule has 1 aliphatic rings. The highest BCUT2D eigenvalue weighted by Crippen LogP contribution is 2.36. The SMILES string of the molecule is CC(C)CSCC(=O)N1N=C(c2cccs2)CC1c1cccs1. The van der Waals surface area contributed by atoms with Crippen molar-refractivity contribution in [3.63, 3.8) is 0 Å². The van der Waals surface area contributed by atoms with Crippen LogP contribution in [0.5, 0.6) is 0 Å². The Balaban J connectivity index is 1.76. The summed E-state index contributed by atoms with van der Waals surface area (Å²) in [6.07, 6.45) is 0.807. The monoisotopic (exact) mass is 364 g/mol. The molecule has 0 saturated heterocycles. The molecule has 0 N–H and O–H groups in total. The second-order valence-electron chi connectivity index (χ2n) is 5.91. The maximum Gasteiger partial charge on any atom is 0.253 e. The molecule has 1 aliphatic heterocycles. The van der Waals surface area contributed by atoms with Crippen LogP contribution in [0.25, 0.3) is 0 Å². The second kappa shape index (κ2) is 7.64. The van der Waals surface area contributed by atoms with E-state index in [0.717, 1.165) is 22.8 Å². The fourth-order valence-corrected chi connectivity index (χ4v) is 4.91. The molecule has 0 aromatic carbocycles. The van der Waals surface area contributed by atoms with Crippen LogP contribution in [0.4, 0.5) is 0 Å². The summed E-state index contributed by atoms with van der Waals surface area (Å²) in [6, 6.07) is 8.31. The lowest BCUT2D eigenvalue weighted by molar-refractivity contribution is -0.130. The van der Waals surface area contributed by atoms with Crippen molar-refractivity contribution >= 4 is 46.1 Å². The lowest BCUT2D eigenvalue weighted by Gasteiger charge is -2.20.